The van der Waals surface area contributed by atoms with E-state index < -0.39 is 0 Å². The second-order valence-electron chi connectivity index (χ2n) is 8.52. The fourth-order valence-corrected chi connectivity index (χ4v) is 4.27. The van der Waals surface area contributed by atoms with Gasteiger partial charge in [-0.3, -0.25) is 14.4 Å². The molecule has 1 N–H and O–H groups in total. The molecule has 0 radical (unpaired) electrons. The van der Waals surface area contributed by atoms with Crippen LogP contribution in [0.3, 0.4) is 0 Å². The van der Waals surface area contributed by atoms with Crippen LogP contribution >= 0.6 is 11.6 Å². The smallest absolute Gasteiger partial charge is 0.292 e. The van der Waals surface area contributed by atoms with Crippen molar-refractivity contribution in [2.75, 3.05) is 36.4 Å². The number of carbonyl (C=O) groups is 2. The second kappa shape index (κ2) is 9.30. The Kier molecular flexibility index (Phi) is 6.06. The molecule has 2 amide bonds. The van der Waals surface area contributed by atoms with E-state index in [9.17, 15) is 14.4 Å². The average Bonchev–Trinajstić information content (AvgIpc) is 3.72. The number of benzene rings is 2. The van der Waals surface area contributed by atoms with Crippen LogP contribution in [0.2, 0.25) is 5.02 Å². The minimum absolute atomic E-state index is 0.0415. The van der Waals surface area contributed by atoms with Gasteiger partial charge in [0.1, 0.15) is 5.02 Å². The molecule has 9 heteroatoms. The van der Waals surface area contributed by atoms with Gasteiger partial charge in [0.15, 0.2) is 0 Å². The molecule has 1 aliphatic heterocycles. The van der Waals surface area contributed by atoms with Gasteiger partial charge in [0.2, 0.25) is 5.91 Å². The van der Waals surface area contributed by atoms with Gasteiger partial charge in [-0.2, -0.15) is 9.78 Å². The number of anilines is 2. The highest BCUT2D eigenvalue weighted by molar-refractivity contribution is 6.33. The Bertz CT molecular complexity index is 1260. The molecule has 2 aromatic carbocycles. The van der Waals surface area contributed by atoms with E-state index in [2.05, 4.69) is 10.4 Å². The Morgan fingerprint density at radius 1 is 0.941 bits per heavy atom. The van der Waals surface area contributed by atoms with Crippen molar-refractivity contribution in [3.8, 4) is 5.69 Å². The summed E-state index contributed by atoms with van der Waals surface area (Å²) in [7, 11) is 0. The van der Waals surface area contributed by atoms with E-state index in [1.54, 1.807) is 47.5 Å². The summed E-state index contributed by atoms with van der Waals surface area (Å²) in [5.41, 5.74) is 2.11. The molecule has 2 aliphatic rings. The molecular weight excluding hydrogens is 454 g/mol. The summed E-state index contributed by atoms with van der Waals surface area (Å²) < 4.78 is 1.28. The van der Waals surface area contributed by atoms with Crippen molar-refractivity contribution < 1.29 is 9.59 Å². The third kappa shape index (κ3) is 4.54. The Morgan fingerprint density at radius 2 is 1.62 bits per heavy atom. The lowest BCUT2D eigenvalue weighted by atomic mass is 10.1. The van der Waals surface area contributed by atoms with Crippen LogP contribution in [0.1, 0.15) is 23.2 Å². The number of carbonyl (C=O) groups excluding carboxylic acids is 2. The first kappa shape index (κ1) is 22.2. The third-order valence-electron chi connectivity index (χ3n) is 6.16. The van der Waals surface area contributed by atoms with E-state index >= 15 is 0 Å². The maximum Gasteiger partial charge on any atom is 0.292 e. The van der Waals surface area contributed by atoms with Gasteiger partial charge in [-0.05, 0) is 49.2 Å². The molecule has 1 saturated heterocycles. The van der Waals surface area contributed by atoms with E-state index in [1.807, 2.05) is 23.1 Å². The molecule has 0 unspecified atom stereocenters. The number of hydrogen-bond donors (Lipinski definition) is 1. The first-order valence-electron chi connectivity index (χ1n) is 11.3. The maximum atomic E-state index is 12.9. The normalized spacial score (nSPS) is 15.8. The number of rotatable bonds is 5. The van der Waals surface area contributed by atoms with Crippen LogP contribution < -0.4 is 15.8 Å². The van der Waals surface area contributed by atoms with Gasteiger partial charge in [-0.1, -0.05) is 29.8 Å². The summed E-state index contributed by atoms with van der Waals surface area (Å²) in [6.45, 7) is 2.07. The lowest BCUT2D eigenvalue weighted by Crippen LogP contribution is -2.49. The summed E-state index contributed by atoms with van der Waals surface area (Å²) in [4.78, 5) is 41.4. The first-order valence-corrected chi connectivity index (χ1v) is 11.7. The van der Waals surface area contributed by atoms with Crippen LogP contribution in [0, 0.1) is 5.92 Å². The Hall–Kier alpha value is -3.65. The predicted molar refractivity (Wildman–Crippen MR) is 131 cm³/mol. The quantitative estimate of drug-likeness (QED) is 0.609. The molecule has 1 saturated carbocycles. The Morgan fingerprint density at radius 3 is 2.26 bits per heavy atom. The number of nitrogens with zero attached hydrogens (tertiary/aromatic N) is 4. The zero-order chi connectivity index (χ0) is 23.7. The number of aromatic nitrogens is 2. The molecule has 1 aliphatic carbocycles. The predicted octanol–water partition coefficient (Wildman–Crippen LogP) is 3.20. The van der Waals surface area contributed by atoms with E-state index in [0.29, 0.717) is 48.8 Å². The van der Waals surface area contributed by atoms with E-state index in [0.717, 1.165) is 12.8 Å². The average molecular weight is 478 g/mol. The van der Waals surface area contributed by atoms with Gasteiger partial charge < -0.3 is 15.1 Å². The topological polar surface area (TPSA) is 87.5 Å². The summed E-state index contributed by atoms with van der Waals surface area (Å²) in [5.74, 6) is 0.107. The van der Waals surface area contributed by atoms with Crippen LogP contribution in [-0.4, -0.2) is 52.7 Å². The first-order chi connectivity index (χ1) is 16.5. The SMILES string of the molecule is O=C(Nc1ccc(C(=O)N2CCN(c3cnn(-c4ccccc4)c(=O)c3Cl)CC2)cc1)C1CC1. The van der Waals surface area contributed by atoms with Gasteiger partial charge in [-0.25, -0.2) is 0 Å². The van der Waals surface area contributed by atoms with Crippen LogP contribution in [0.15, 0.2) is 65.6 Å². The number of para-hydroxylation sites is 1. The zero-order valence-corrected chi connectivity index (χ0v) is 19.2. The standard InChI is InChI=1S/C25H24ClN5O3/c26-22-21(16-27-31(25(22)34)20-4-2-1-3-5-20)29-12-14-30(15-13-29)24(33)18-8-10-19(11-9-18)28-23(32)17-6-7-17/h1-5,8-11,16-17H,6-7,12-15H2,(H,28,32). The van der Waals surface area contributed by atoms with Gasteiger partial charge in [0, 0.05) is 43.3 Å². The number of nitrogens with one attached hydrogen (secondary N) is 1. The van der Waals surface area contributed by atoms with Crippen molar-refractivity contribution in [1.82, 2.24) is 14.7 Å². The molecule has 0 spiro atoms. The summed E-state index contributed by atoms with van der Waals surface area (Å²) in [6, 6.07) is 16.1. The van der Waals surface area contributed by atoms with Crippen molar-refractivity contribution in [3.63, 3.8) is 0 Å². The Labute approximate surface area is 201 Å². The van der Waals surface area contributed by atoms with E-state index in [-0.39, 0.29) is 28.3 Å². The summed E-state index contributed by atoms with van der Waals surface area (Å²) in [6.07, 6.45) is 3.49. The highest BCUT2D eigenvalue weighted by Gasteiger charge is 2.29. The van der Waals surface area contributed by atoms with Crippen molar-refractivity contribution in [3.05, 3.63) is 81.7 Å². The van der Waals surface area contributed by atoms with E-state index in [1.165, 1.54) is 4.68 Å². The summed E-state index contributed by atoms with van der Waals surface area (Å²) >= 11 is 6.43. The molecule has 3 aromatic rings. The fraction of sp³-hybridized carbons (Fsp3) is 0.280. The number of piperazine rings is 1. The molecule has 1 aromatic heterocycles. The molecule has 174 valence electrons. The third-order valence-corrected chi connectivity index (χ3v) is 6.51. The zero-order valence-electron chi connectivity index (χ0n) is 18.5. The highest BCUT2D eigenvalue weighted by Crippen LogP contribution is 2.30. The lowest BCUT2D eigenvalue weighted by Gasteiger charge is -2.36. The molecular formula is C25H24ClN5O3. The van der Waals surface area contributed by atoms with Crippen molar-refractivity contribution in [2.24, 2.45) is 5.92 Å². The minimum atomic E-state index is -0.377. The highest BCUT2D eigenvalue weighted by atomic mass is 35.5. The van der Waals surface area contributed by atoms with Crippen molar-refractivity contribution in [2.45, 2.75) is 12.8 Å². The van der Waals surface area contributed by atoms with Gasteiger partial charge in [0.25, 0.3) is 11.5 Å². The maximum absolute atomic E-state index is 12.9. The Balaban J connectivity index is 1.22. The molecule has 0 atom stereocenters. The number of amides is 2. The van der Waals surface area contributed by atoms with Gasteiger partial charge in [-0.15, -0.1) is 0 Å². The van der Waals surface area contributed by atoms with Crippen LogP contribution in [0.5, 0.6) is 0 Å². The van der Waals surface area contributed by atoms with Crippen LogP contribution in [0.25, 0.3) is 5.69 Å². The van der Waals surface area contributed by atoms with Crippen molar-refractivity contribution >= 4 is 34.8 Å². The van der Waals surface area contributed by atoms with Crippen LogP contribution in [0.4, 0.5) is 11.4 Å². The molecule has 2 heterocycles. The van der Waals surface area contributed by atoms with Gasteiger partial charge in [0.05, 0.1) is 17.6 Å². The van der Waals surface area contributed by atoms with Crippen molar-refractivity contribution in [1.29, 1.82) is 0 Å². The number of halogens is 1. The second-order valence-corrected chi connectivity index (χ2v) is 8.89. The molecule has 34 heavy (non-hydrogen) atoms. The molecule has 0 bridgehead atoms. The molecule has 2 fully saturated rings. The summed E-state index contributed by atoms with van der Waals surface area (Å²) in [5, 5.41) is 7.29. The van der Waals surface area contributed by atoms with E-state index in [4.69, 9.17) is 11.6 Å². The molecule has 8 nitrogen and oxygen atoms in total. The van der Waals surface area contributed by atoms with Crippen LogP contribution in [-0.2, 0) is 4.79 Å². The lowest BCUT2D eigenvalue weighted by molar-refractivity contribution is -0.117. The fourth-order valence-electron chi connectivity index (χ4n) is 4.02. The van der Waals surface area contributed by atoms with Gasteiger partial charge >= 0.3 is 0 Å². The minimum Gasteiger partial charge on any atom is -0.365 e. The number of hydrogen-bond acceptors (Lipinski definition) is 5. The molecule has 5 rings (SSSR count). The largest absolute Gasteiger partial charge is 0.365 e. The monoisotopic (exact) mass is 477 g/mol.